The average molecular weight is 268 g/mol. The molecule has 2 heterocycles. The lowest BCUT2D eigenvalue weighted by Crippen LogP contribution is -2.32. The molecule has 1 aliphatic rings. The molecule has 0 unspecified atom stereocenters. The Labute approximate surface area is 118 Å². The third-order valence-corrected chi connectivity index (χ3v) is 3.37. The minimum absolute atomic E-state index is 0.0293. The van der Waals surface area contributed by atoms with Crippen LogP contribution in [0.1, 0.15) is 11.1 Å². The first-order valence-electron chi connectivity index (χ1n) is 6.70. The highest BCUT2D eigenvalue weighted by Crippen LogP contribution is 2.24. The minimum atomic E-state index is -0.0293. The van der Waals surface area contributed by atoms with E-state index in [1.54, 1.807) is 11.1 Å². The molecule has 0 N–H and O–H groups in total. The number of benzene rings is 1. The van der Waals surface area contributed by atoms with E-state index in [2.05, 4.69) is 4.98 Å². The molecule has 0 aliphatic carbocycles. The zero-order valence-electron chi connectivity index (χ0n) is 11.2. The van der Waals surface area contributed by atoms with Gasteiger partial charge in [0.1, 0.15) is 12.4 Å². The van der Waals surface area contributed by atoms with Gasteiger partial charge in [-0.05, 0) is 23.6 Å². The number of fused-ring (bicyclic) bond motifs is 1. The van der Waals surface area contributed by atoms with E-state index >= 15 is 0 Å². The molecule has 0 spiro atoms. The van der Waals surface area contributed by atoms with Crippen LogP contribution < -0.4 is 4.90 Å². The fourth-order valence-corrected chi connectivity index (χ4v) is 2.36. The van der Waals surface area contributed by atoms with Crippen LogP contribution in [0.5, 0.6) is 0 Å². The van der Waals surface area contributed by atoms with Gasteiger partial charge in [0.15, 0.2) is 0 Å². The second kappa shape index (κ2) is 5.84. The van der Waals surface area contributed by atoms with Gasteiger partial charge in [0.05, 0.1) is 6.61 Å². The second-order valence-electron chi connectivity index (χ2n) is 4.76. The third kappa shape index (κ3) is 2.70. The first-order valence-corrected chi connectivity index (χ1v) is 6.70. The van der Waals surface area contributed by atoms with Gasteiger partial charge >= 0.3 is 0 Å². The summed E-state index contributed by atoms with van der Waals surface area (Å²) in [5.41, 5.74) is 2.20. The Morgan fingerprint density at radius 3 is 2.90 bits per heavy atom. The molecule has 0 bridgehead atoms. The molecule has 4 heteroatoms. The quantitative estimate of drug-likeness (QED) is 0.853. The molecule has 20 heavy (non-hydrogen) atoms. The Balaban J connectivity index is 1.56. The SMILES string of the molecule is O=C(COCc1ccccc1)N1CCc2cccnc21. The van der Waals surface area contributed by atoms with Crippen molar-refractivity contribution in [3.63, 3.8) is 0 Å². The lowest BCUT2D eigenvalue weighted by atomic mass is 10.2. The maximum Gasteiger partial charge on any atom is 0.254 e. The van der Waals surface area contributed by atoms with Crippen molar-refractivity contribution >= 4 is 11.7 Å². The third-order valence-electron chi connectivity index (χ3n) is 3.37. The van der Waals surface area contributed by atoms with Crippen LogP contribution in [0.2, 0.25) is 0 Å². The molecule has 1 aromatic heterocycles. The molecule has 0 saturated carbocycles. The molecule has 0 saturated heterocycles. The Kier molecular flexibility index (Phi) is 3.74. The number of pyridine rings is 1. The van der Waals surface area contributed by atoms with E-state index in [0.29, 0.717) is 13.2 Å². The van der Waals surface area contributed by atoms with Crippen LogP contribution in [-0.2, 0) is 22.6 Å². The van der Waals surface area contributed by atoms with Crippen molar-refractivity contribution in [2.24, 2.45) is 0 Å². The number of carbonyl (C=O) groups is 1. The Bertz CT molecular complexity index is 598. The summed E-state index contributed by atoms with van der Waals surface area (Å²) in [5, 5.41) is 0. The van der Waals surface area contributed by atoms with Crippen molar-refractivity contribution < 1.29 is 9.53 Å². The van der Waals surface area contributed by atoms with Crippen molar-refractivity contribution in [3.8, 4) is 0 Å². The Morgan fingerprint density at radius 1 is 1.20 bits per heavy atom. The van der Waals surface area contributed by atoms with Crippen molar-refractivity contribution in [3.05, 3.63) is 59.8 Å². The maximum atomic E-state index is 12.2. The topological polar surface area (TPSA) is 42.4 Å². The van der Waals surface area contributed by atoms with Gasteiger partial charge in [0.2, 0.25) is 0 Å². The van der Waals surface area contributed by atoms with Crippen molar-refractivity contribution in [1.82, 2.24) is 4.98 Å². The van der Waals surface area contributed by atoms with Crippen molar-refractivity contribution in [2.75, 3.05) is 18.1 Å². The number of aromatic nitrogens is 1. The van der Waals surface area contributed by atoms with E-state index in [4.69, 9.17) is 4.74 Å². The van der Waals surface area contributed by atoms with Gasteiger partial charge in [-0.25, -0.2) is 4.98 Å². The van der Waals surface area contributed by atoms with Gasteiger partial charge in [-0.3, -0.25) is 9.69 Å². The summed E-state index contributed by atoms with van der Waals surface area (Å²) in [6, 6.07) is 13.8. The number of nitrogens with zero attached hydrogens (tertiary/aromatic N) is 2. The van der Waals surface area contributed by atoms with Crippen LogP contribution in [0.25, 0.3) is 0 Å². The van der Waals surface area contributed by atoms with E-state index in [1.165, 1.54) is 0 Å². The Morgan fingerprint density at radius 2 is 2.05 bits per heavy atom. The molecule has 2 aromatic rings. The largest absolute Gasteiger partial charge is 0.367 e. The number of anilines is 1. The summed E-state index contributed by atoms with van der Waals surface area (Å²) in [7, 11) is 0. The second-order valence-corrected chi connectivity index (χ2v) is 4.76. The highest BCUT2D eigenvalue weighted by Gasteiger charge is 2.25. The molecular formula is C16H16N2O2. The number of rotatable bonds is 4. The number of carbonyl (C=O) groups excluding carboxylic acids is 1. The minimum Gasteiger partial charge on any atom is -0.367 e. The van der Waals surface area contributed by atoms with E-state index in [0.717, 1.165) is 23.4 Å². The fraction of sp³-hybridized carbons (Fsp3) is 0.250. The van der Waals surface area contributed by atoms with Crippen molar-refractivity contribution in [2.45, 2.75) is 13.0 Å². The Hall–Kier alpha value is -2.20. The molecule has 0 radical (unpaired) electrons. The number of hydrogen-bond acceptors (Lipinski definition) is 3. The highest BCUT2D eigenvalue weighted by atomic mass is 16.5. The van der Waals surface area contributed by atoms with Crippen molar-refractivity contribution in [1.29, 1.82) is 0 Å². The number of ether oxygens (including phenoxy) is 1. The lowest BCUT2D eigenvalue weighted by molar-refractivity contribution is -0.123. The highest BCUT2D eigenvalue weighted by molar-refractivity contribution is 5.95. The fourth-order valence-electron chi connectivity index (χ4n) is 2.36. The molecule has 1 aliphatic heterocycles. The van der Waals surface area contributed by atoms with Gasteiger partial charge in [0, 0.05) is 12.7 Å². The molecular weight excluding hydrogens is 252 g/mol. The molecule has 102 valence electrons. The van der Waals surface area contributed by atoms with Gasteiger partial charge in [-0.2, -0.15) is 0 Å². The number of hydrogen-bond donors (Lipinski definition) is 0. The zero-order chi connectivity index (χ0) is 13.8. The van der Waals surface area contributed by atoms with Crippen LogP contribution in [-0.4, -0.2) is 24.0 Å². The van der Waals surface area contributed by atoms with E-state index in [-0.39, 0.29) is 12.5 Å². The van der Waals surface area contributed by atoms with Crippen LogP contribution in [0.15, 0.2) is 48.7 Å². The summed E-state index contributed by atoms with van der Waals surface area (Å²) >= 11 is 0. The van der Waals surface area contributed by atoms with Gasteiger partial charge in [-0.1, -0.05) is 36.4 Å². The predicted octanol–water partition coefficient (Wildman–Crippen LogP) is 2.19. The molecule has 1 aromatic carbocycles. The molecule has 0 atom stereocenters. The summed E-state index contributed by atoms with van der Waals surface area (Å²) in [6.07, 6.45) is 2.59. The molecule has 0 fully saturated rings. The smallest absolute Gasteiger partial charge is 0.254 e. The normalized spacial score (nSPS) is 13.3. The molecule has 4 nitrogen and oxygen atoms in total. The average Bonchev–Trinajstić information content (AvgIpc) is 2.92. The maximum absolute atomic E-state index is 12.2. The zero-order valence-corrected chi connectivity index (χ0v) is 11.2. The summed E-state index contributed by atoms with van der Waals surface area (Å²) in [4.78, 5) is 18.1. The standard InChI is InChI=1S/C16H16N2O2/c19-15(12-20-11-13-5-2-1-3-6-13)18-10-8-14-7-4-9-17-16(14)18/h1-7,9H,8,10-12H2. The van der Waals surface area contributed by atoms with Crippen LogP contribution in [0.3, 0.4) is 0 Å². The van der Waals surface area contributed by atoms with Crippen LogP contribution in [0.4, 0.5) is 5.82 Å². The molecule has 3 rings (SSSR count). The van der Waals surface area contributed by atoms with E-state index in [1.807, 2.05) is 42.5 Å². The van der Waals surface area contributed by atoms with Crippen LogP contribution >= 0.6 is 0 Å². The lowest BCUT2D eigenvalue weighted by Gasteiger charge is -2.16. The summed E-state index contributed by atoms with van der Waals surface area (Å²) < 4.78 is 5.49. The summed E-state index contributed by atoms with van der Waals surface area (Å²) in [6.45, 7) is 1.24. The van der Waals surface area contributed by atoms with Gasteiger partial charge < -0.3 is 4.74 Å². The predicted molar refractivity (Wildman–Crippen MR) is 76.4 cm³/mol. The first kappa shape index (κ1) is 12.8. The van der Waals surface area contributed by atoms with Gasteiger partial charge in [0.25, 0.3) is 5.91 Å². The monoisotopic (exact) mass is 268 g/mol. The first-order chi connectivity index (χ1) is 9.84. The van der Waals surface area contributed by atoms with E-state index in [9.17, 15) is 4.79 Å². The molecule has 1 amide bonds. The number of amides is 1. The van der Waals surface area contributed by atoms with Gasteiger partial charge in [-0.15, -0.1) is 0 Å². The van der Waals surface area contributed by atoms with E-state index < -0.39 is 0 Å². The summed E-state index contributed by atoms with van der Waals surface area (Å²) in [5.74, 6) is 0.749. The van der Waals surface area contributed by atoms with Crippen LogP contribution in [0, 0.1) is 0 Å².